The summed E-state index contributed by atoms with van der Waals surface area (Å²) in [6.45, 7) is 5.73. The summed E-state index contributed by atoms with van der Waals surface area (Å²) in [5.41, 5.74) is 2.54. The SMILES string of the molecule is CNC(c1cc(C)c(F)c(C)c1)c1ccc(C)s1. The van der Waals surface area contributed by atoms with E-state index in [1.54, 1.807) is 11.3 Å². The van der Waals surface area contributed by atoms with Crippen molar-refractivity contribution >= 4 is 11.3 Å². The molecular formula is C15H18FNS. The third-order valence-corrected chi connectivity index (χ3v) is 4.19. The lowest BCUT2D eigenvalue weighted by atomic mass is 10.00. The molecule has 1 unspecified atom stereocenters. The number of halogens is 1. The van der Waals surface area contributed by atoms with E-state index in [1.807, 2.05) is 33.0 Å². The van der Waals surface area contributed by atoms with Crippen molar-refractivity contribution in [3.8, 4) is 0 Å². The summed E-state index contributed by atoms with van der Waals surface area (Å²) in [5.74, 6) is -0.101. The lowest BCUT2D eigenvalue weighted by Gasteiger charge is -2.17. The van der Waals surface area contributed by atoms with Gasteiger partial charge in [0.05, 0.1) is 6.04 Å². The fourth-order valence-corrected chi connectivity index (χ4v) is 3.24. The number of thiophene rings is 1. The molecule has 0 aliphatic carbocycles. The van der Waals surface area contributed by atoms with Gasteiger partial charge >= 0.3 is 0 Å². The second-order valence-electron chi connectivity index (χ2n) is 4.64. The van der Waals surface area contributed by atoms with Crippen molar-refractivity contribution in [2.24, 2.45) is 0 Å². The van der Waals surface area contributed by atoms with Crippen molar-refractivity contribution in [3.05, 3.63) is 56.5 Å². The second-order valence-corrected chi connectivity index (χ2v) is 5.96. The Kier molecular flexibility index (Phi) is 3.83. The lowest BCUT2D eigenvalue weighted by molar-refractivity contribution is 0.605. The molecule has 18 heavy (non-hydrogen) atoms. The van der Waals surface area contributed by atoms with Crippen LogP contribution < -0.4 is 5.32 Å². The maximum Gasteiger partial charge on any atom is 0.129 e. The Morgan fingerprint density at radius 3 is 2.17 bits per heavy atom. The monoisotopic (exact) mass is 263 g/mol. The molecule has 1 heterocycles. The van der Waals surface area contributed by atoms with Gasteiger partial charge in [-0.2, -0.15) is 0 Å². The van der Waals surface area contributed by atoms with Gasteiger partial charge in [0, 0.05) is 9.75 Å². The molecule has 1 atom stereocenters. The van der Waals surface area contributed by atoms with Gasteiger partial charge < -0.3 is 5.32 Å². The van der Waals surface area contributed by atoms with E-state index in [0.717, 1.165) is 5.56 Å². The van der Waals surface area contributed by atoms with E-state index in [1.165, 1.54) is 9.75 Å². The van der Waals surface area contributed by atoms with Crippen molar-refractivity contribution in [1.82, 2.24) is 5.32 Å². The number of nitrogens with one attached hydrogen (secondary N) is 1. The second kappa shape index (κ2) is 5.21. The molecule has 2 aromatic rings. The molecule has 0 aliphatic rings. The first-order chi connectivity index (χ1) is 8.52. The van der Waals surface area contributed by atoms with Gasteiger partial charge in [-0.1, -0.05) is 12.1 Å². The van der Waals surface area contributed by atoms with E-state index in [2.05, 4.69) is 24.4 Å². The zero-order valence-electron chi connectivity index (χ0n) is 11.2. The molecule has 2 rings (SSSR count). The van der Waals surface area contributed by atoms with Crippen LogP contribution in [-0.4, -0.2) is 7.05 Å². The molecule has 0 fully saturated rings. The summed E-state index contributed by atoms with van der Waals surface area (Å²) in [6.07, 6.45) is 0. The van der Waals surface area contributed by atoms with Gasteiger partial charge in [0.25, 0.3) is 0 Å². The van der Waals surface area contributed by atoms with Crippen molar-refractivity contribution in [3.63, 3.8) is 0 Å². The van der Waals surface area contributed by atoms with E-state index in [-0.39, 0.29) is 11.9 Å². The van der Waals surface area contributed by atoms with Gasteiger partial charge in [-0.15, -0.1) is 11.3 Å². The molecule has 3 heteroatoms. The highest BCUT2D eigenvalue weighted by Gasteiger charge is 2.16. The molecular weight excluding hydrogens is 245 g/mol. The molecule has 0 spiro atoms. The van der Waals surface area contributed by atoms with Gasteiger partial charge in [0.2, 0.25) is 0 Å². The summed E-state index contributed by atoms with van der Waals surface area (Å²) >= 11 is 1.77. The molecule has 0 aliphatic heterocycles. The Bertz CT molecular complexity index is 536. The number of benzene rings is 1. The van der Waals surface area contributed by atoms with Crippen molar-refractivity contribution in [1.29, 1.82) is 0 Å². The largest absolute Gasteiger partial charge is 0.309 e. The van der Waals surface area contributed by atoms with Crippen LogP contribution in [0.25, 0.3) is 0 Å². The quantitative estimate of drug-likeness (QED) is 0.878. The Balaban J connectivity index is 2.45. The van der Waals surface area contributed by atoms with Crippen LogP contribution in [0.15, 0.2) is 24.3 Å². The molecule has 0 radical (unpaired) electrons. The normalized spacial score (nSPS) is 12.7. The topological polar surface area (TPSA) is 12.0 Å². The highest BCUT2D eigenvalue weighted by atomic mass is 32.1. The van der Waals surface area contributed by atoms with Crippen LogP contribution in [0.1, 0.15) is 32.5 Å². The fourth-order valence-electron chi connectivity index (χ4n) is 2.23. The molecule has 1 N–H and O–H groups in total. The third kappa shape index (κ3) is 2.47. The summed E-state index contributed by atoms with van der Waals surface area (Å²) in [7, 11) is 1.94. The fraction of sp³-hybridized carbons (Fsp3) is 0.333. The average Bonchev–Trinajstić information content (AvgIpc) is 2.73. The highest BCUT2D eigenvalue weighted by Crippen LogP contribution is 2.29. The molecule has 0 saturated heterocycles. The van der Waals surface area contributed by atoms with Gasteiger partial charge in [-0.25, -0.2) is 4.39 Å². The maximum absolute atomic E-state index is 13.7. The van der Waals surface area contributed by atoms with Crippen molar-refractivity contribution in [2.75, 3.05) is 7.05 Å². The van der Waals surface area contributed by atoms with Crippen LogP contribution in [0.2, 0.25) is 0 Å². The smallest absolute Gasteiger partial charge is 0.129 e. The zero-order chi connectivity index (χ0) is 13.3. The molecule has 0 amide bonds. The van der Waals surface area contributed by atoms with Crippen LogP contribution in [-0.2, 0) is 0 Å². The molecule has 96 valence electrons. The summed E-state index contributed by atoms with van der Waals surface area (Å²) in [6, 6.07) is 8.25. The van der Waals surface area contributed by atoms with Crippen molar-refractivity contribution in [2.45, 2.75) is 26.8 Å². The van der Waals surface area contributed by atoms with E-state index in [4.69, 9.17) is 0 Å². The molecule has 1 aromatic heterocycles. The number of hydrogen-bond acceptors (Lipinski definition) is 2. The zero-order valence-corrected chi connectivity index (χ0v) is 12.0. The molecule has 0 bridgehead atoms. The number of aryl methyl sites for hydroxylation is 3. The number of rotatable bonds is 3. The van der Waals surface area contributed by atoms with Gasteiger partial charge in [-0.05, 0) is 56.6 Å². The molecule has 1 aromatic carbocycles. The Hall–Kier alpha value is -1.19. The van der Waals surface area contributed by atoms with Crippen LogP contribution >= 0.6 is 11.3 Å². The minimum absolute atomic E-state index is 0.101. The first-order valence-corrected chi connectivity index (χ1v) is 6.85. The van der Waals surface area contributed by atoms with E-state index in [9.17, 15) is 4.39 Å². The minimum Gasteiger partial charge on any atom is -0.309 e. The standard InChI is InChI=1S/C15H18FNS/c1-9-7-12(8-10(2)14(9)16)15(17-4)13-6-5-11(3)18-13/h5-8,15,17H,1-4H3. The molecule has 0 saturated carbocycles. The average molecular weight is 263 g/mol. The van der Waals surface area contributed by atoms with Crippen molar-refractivity contribution < 1.29 is 4.39 Å². The molecule has 1 nitrogen and oxygen atoms in total. The highest BCUT2D eigenvalue weighted by molar-refractivity contribution is 7.12. The minimum atomic E-state index is -0.101. The first-order valence-electron chi connectivity index (χ1n) is 6.03. The van der Waals surface area contributed by atoms with Crippen LogP contribution in [0.5, 0.6) is 0 Å². The van der Waals surface area contributed by atoms with E-state index >= 15 is 0 Å². The summed E-state index contributed by atoms with van der Waals surface area (Å²) in [4.78, 5) is 2.56. The predicted molar refractivity (Wildman–Crippen MR) is 75.8 cm³/mol. The number of hydrogen-bond donors (Lipinski definition) is 1. The Labute approximate surface area is 112 Å². The van der Waals surface area contributed by atoms with Gasteiger partial charge in [0.15, 0.2) is 0 Å². The Morgan fingerprint density at radius 1 is 1.11 bits per heavy atom. The van der Waals surface area contributed by atoms with Crippen LogP contribution in [0, 0.1) is 26.6 Å². The van der Waals surface area contributed by atoms with E-state index < -0.39 is 0 Å². The lowest BCUT2D eigenvalue weighted by Crippen LogP contribution is -2.17. The van der Waals surface area contributed by atoms with Gasteiger partial charge in [-0.3, -0.25) is 0 Å². The Morgan fingerprint density at radius 2 is 1.72 bits per heavy atom. The summed E-state index contributed by atoms with van der Waals surface area (Å²) < 4.78 is 13.7. The maximum atomic E-state index is 13.7. The third-order valence-electron chi connectivity index (χ3n) is 3.13. The first kappa shape index (κ1) is 13.2. The van der Waals surface area contributed by atoms with Crippen LogP contribution in [0.3, 0.4) is 0 Å². The summed E-state index contributed by atoms with van der Waals surface area (Å²) in [5, 5.41) is 3.31. The van der Waals surface area contributed by atoms with Gasteiger partial charge in [0.1, 0.15) is 5.82 Å². The van der Waals surface area contributed by atoms with E-state index in [0.29, 0.717) is 11.1 Å². The predicted octanol–water partition coefficient (Wildman–Crippen LogP) is 4.12. The van der Waals surface area contributed by atoms with Crippen LogP contribution in [0.4, 0.5) is 4.39 Å².